The molecule has 1 aliphatic rings. The Kier molecular flexibility index (Phi) is 4.18. The van der Waals surface area contributed by atoms with Crippen LogP contribution in [0, 0.1) is 17.6 Å². The average Bonchev–Trinajstić information content (AvgIpc) is 2.29. The fraction of sp³-hybridized carbons (Fsp3) is 0.500. The zero-order chi connectivity index (χ0) is 12.3. The number of rotatable bonds is 3. The highest BCUT2D eigenvalue weighted by molar-refractivity contribution is 6.33. The minimum atomic E-state index is -0.663. The van der Waals surface area contributed by atoms with E-state index in [-0.39, 0.29) is 10.7 Å². The van der Waals surface area contributed by atoms with E-state index in [1.165, 1.54) is 0 Å². The second-order valence-corrected chi connectivity index (χ2v) is 4.59. The summed E-state index contributed by atoms with van der Waals surface area (Å²) in [6, 6.07) is 1.94. The number of anilines is 1. The Morgan fingerprint density at radius 2 is 2.00 bits per heavy atom. The van der Waals surface area contributed by atoms with Gasteiger partial charge in [0, 0.05) is 25.8 Å². The summed E-state index contributed by atoms with van der Waals surface area (Å²) in [6.07, 6.45) is 1.90. The summed E-state index contributed by atoms with van der Waals surface area (Å²) in [4.78, 5) is 0. The number of ether oxygens (including phenoxy) is 1. The molecule has 0 spiro atoms. The number of hydrogen-bond donors (Lipinski definition) is 1. The SMILES string of the molecule is Fc1cc(F)c(NCC2CCOCC2)c(Cl)c1. The first-order chi connectivity index (χ1) is 8.16. The van der Waals surface area contributed by atoms with Crippen LogP contribution in [0.5, 0.6) is 0 Å². The van der Waals surface area contributed by atoms with Gasteiger partial charge in [0.1, 0.15) is 5.82 Å². The molecule has 1 aromatic rings. The molecule has 1 aliphatic heterocycles. The first-order valence-electron chi connectivity index (χ1n) is 5.63. The molecule has 0 saturated carbocycles. The van der Waals surface area contributed by atoms with E-state index in [2.05, 4.69) is 5.32 Å². The molecule has 0 aliphatic carbocycles. The smallest absolute Gasteiger partial charge is 0.150 e. The highest BCUT2D eigenvalue weighted by Crippen LogP contribution is 2.27. The van der Waals surface area contributed by atoms with Crippen LogP contribution in [0.15, 0.2) is 12.1 Å². The van der Waals surface area contributed by atoms with Gasteiger partial charge in [-0.3, -0.25) is 0 Å². The van der Waals surface area contributed by atoms with Crippen molar-refractivity contribution in [2.75, 3.05) is 25.1 Å². The Hall–Kier alpha value is -0.870. The quantitative estimate of drug-likeness (QED) is 0.900. The van der Waals surface area contributed by atoms with Crippen LogP contribution in [0.2, 0.25) is 5.02 Å². The molecule has 2 rings (SSSR count). The van der Waals surface area contributed by atoms with Crippen molar-refractivity contribution in [2.24, 2.45) is 5.92 Å². The first kappa shape index (κ1) is 12.6. The van der Waals surface area contributed by atoms with Crippen molar-refractivity contribution < 1.29 is 13.5 Å². The highest BCUT2D eigenvalue weighted by Gasteiger charge is 2.15. The summed E-state index contributed by atoms with van der Waals surface area (Å²) in [7, 11) is 0. The summed E-state index contributed by atoms with van der Waals surface area (Å²) >= 11 is 5.79. The third kappa shape index (κ3) is 3.30. The highest BCUT2D eigenvalue weighted by atomic mass is 35.5. The predicted octanol–water partition coefficient (Wildman–Crippen LogP) is 3.46. The van der Waals surface area contributed by atoms with Crippen LogP contribution < -0.4 is 5.32 Å². The third-order valence-corrected chi connectivity index (χ3v) is 3.21. The van der Waals surface area contributed by atoms with Gasteiger partial charge >= 0.3 is 0 Å². The van der Waals surface area contributed by atoms with E-state index in [1.54, 1.807) is 0 Å². The van der Waals surface area contributed by atoms with Gasteiger partial charge in [-0.25, -0.2) is 8.78 Å². The van der Waals surface area contributed by atoms with Crippen molar-refractivity contribution in [2.45, 2.75) is 12.8 Å². The zero-order valence-corrected chi connectivity index (χ0v) is 10.1. The van der Waals surface area contributed by atoms with Crippen molar-refractivity contribution in [3.05, 3.63) is 28.8 Å². The van der Waals surface area contributed by atoms with Crippen LogP contribution in [0.25, 0.3) is 0 Å². The predicted molar refractivity (Wildman–Crippen MR) is 63.4 cm³/mol. The van der Waals surface area contributed by atoms with E-state index >= 15 is 0 Å². The van der Waals surface area contributed by atoms with E-state index in [9.17, 15) is 8.78 Å². The number of hydrogen-bond acceptors (Lipinski definition) is 2. The number of halogens is 3. The molecule has 1 aromatic carbocycles. The zero-order valence-electron chi connectivity index (χ0n) is 9.31. The fourth-order valence-corrected chi connectivity index (χ4v) is 2.17. The van der Waals surface area contributed by atoms with Crippen molar-refractivity contribution in [3.8, 4) is 0 Å². The van der Waals surface area contributed by atoms with E-state index in [4.69, 9.17) is 16.3 Å². The van der Waals surface area contributed by atoms with Crippen molar-refractivity contribution in [3.63, 3.8) is 0 Å². The van der Waals surface area contributed by atoms with Gasteiger partial charge in [0.15, 0.2) is 5.82 Å². The molecule has 2 nitrogen and oxygen atoms in total. The molecule has 0 atom stereocenters. The lowest BCUT2D eigenvalue weighted by Gasteiger charge is -2.23. The van der Waals surface area contributed by atoms with E-state index in [0.717, 1.165) is 38.2 Å². The standard InChI is InChI=1S/C12H14ClF2NO/c13-10-5-9(14)6-11(15)12(10)16-7-8-1-3-17-4-2-8/h5-6,8,16H,1-4,7H2. The lowest BCUT2D eigenvalue weighted by atomic mass is 10.0. The van der Waals surface area contributed by atoms with Crippen LogP contribution in [-0.2, 0) is 4.74 Å². The van der Waals surface area contributed by atoms with Gasteiger partial charge in [0.2, 0.25) is 0 Å². The van der Waals surface area contributed by atoms with E-state index < -0.39 is 11.6 Å². The van der Waals surface area contributed by atoms with Crippen LogP contribution in [0.3, 0.4) is 0 Å². The Bertz CT molecular complexity index is 371. The Labute approximate surface area is 104 Å². The van der Waals surface area contributed by atoms with Gasteiger partial charge in [-0.15, -0.1) is 0 Å². The molecular weight excluding hydrogens is 248 g/mol. The van der Waals surface area contributed by atoms with Gasteiger partial charge in [0.25, 0.3) is 0 Å². The second-order valence-electron chi connectivity index (χ2n) is 4.18. The number of benzene rings is 1. The number of nitrogens with one attached hydrogen (secondary N) is 1. The Morgan fingerprint density at radius 1 is 1.29 bits per heavy atom. The van der Waals surface area contributed by atoms with Crippen LogP contribution >= 0.6 is 11.6 Å². The maximum absolute atomic E-state index is 13.5. The fourth-order valence-electron chi connectivity index (χ4n) is 1.91. The maximum atomic E-state index is 13.5. The van der Waals surface area contributed by atoms with Gasteiger partial charge in [-0.05, 0) is 24.8 Å². The second kappa shape index (κ2) is 5.65. The summed E-state index contributed by atoms with van der Waals surface area (Å²) in [5.41, 5.74) is 0.180. The van der Waals surface area contributed by atoms with Gasteiger partial charge in [-0.2, -0.15) is 0 Å². The van der Waals surface area contributed by atoms with Gasteiger partial charge in [0.05, 0.1) is 10.7 Å². The van der Waals surface area contributed by atoms with Crippen LogP contribution in [-0.4, -0.2) is 19.8 Å². The molecule has 1 heterocycles. The molecule has 0 amide bonds. The van der Waals surface area contributed by atoms with Gasteiger partial charge < -0.3 is 10.1 Å². The molecule has 94 valence electrons. The van der Waals surface area contributed by atoms with Gasteiger partial charge in [-0.1, -0.05) is 11.6 Å². The summed E-state index contributed by atoms with van der Waals surface area (Å²) in [5, 5.41) is 3.03. The normalized spacial score (nSPS) is 17.1. The van der Waals surface area contributed by atoms with Crippen molar-refractivity contribution in [1.29, 1.82) is 0 Å². The maximum Gasteiger partial charge on any atom is 0.150 e. The topological polar surface area (TPSA) is 21.3 Å². The Morgan fingerprint density at radius 3 is 2.65 bits per heavy atom. The monoisotopic (exact) mass is 261 g/mol. The molecule has 0 bridgehead atoms. The third-order valence-electron chi connectivity index (χ3n) is 2.92. The molecule has 0 radical (unpaired) electrons. The van der Waals surface area contributed by atoms with Crippen LogP contribution in [0.4, 0.5) is 14.5 Å². The molecule has 1 saturated heterocycles. The molecule has 17 heavy (non-hydrogen) atoms. The summed E-state index contributed by atoms with van der Waals surface area (Å²) in [6.45, 7) is 2.11. The van der Waals surface area contributed by atoms with Crippen molar-refractivity contribution >= 4 is 17.3 Å². The first-order valence-corrected chi connectivity index (χ1v) is 6.01. The van der Waals surface area contributed by atoms with E-state index in [1.807, 2.05) is 0 Å². The molecule has 5 heteroatoms. The summed E-state index contributed by atoms with van der Waals surface area (Å²) < 4.78 is 31.5. The minimum absolute atomic E-state index is 0.0783. The largest absolute Gasteiger partial charge is 0.381 e. The molecule has 1 N–H and O–H groups in total. The lowest BCUT2D eigenvalue weighted by Crippen LogP contribution is -2.23. The molecule has 1 fully saturated rings. The Balaban J connectivity index is 1.98. The average molecular weight is 262 g/mol. The lowest BCUT2D eigenvalue weighted by molar-refractivity contribution is 0.0699. The molecule has 0 aromatic heterocycles. The minimum Gasteiger partial charge on any atom is -0.381 e. The molecular formula is C12H14ClF2NO. The van der Waals surface area contributed by atoms with Crippen molar-refractivity contribution in [1.82, 2.24) is 0 Å². The summed E-state index contributed by atoms with van der Waals surface area (Å²) in [5.74, 6) is -0.865. The van der Waals surface area contributed by atoms with Crippen LogP contribution in [0.1, 0.15) is 12.8 Å². The van der Waals surface area contributed by atoms with E-state index in [0.29, 0.717) is 12.5 Å². The molecule has 0 unspecified atom stereocenters.